The SMILES string of the molecule is CCCCN(CC)C(CN)c1ccc(Br)c(F)c1. The minimum absolute atomic E-state index is 0.101. The fourth-order valence-electron chi connectivity index (χ4n) is 2.11. The first-order valence-corrected chi connectivity index (χ1v) is 7.32. The van der Waals surface area contributed by atoms with Crippen molar-refractivity contribution in [2.45, 2.75) is 32.7 Å². The van der Waals surface area contributed by atoms with Crippen LogP contribution in [0, 0.1) is 5.82 Å². The monoisotopic (exact) mass is 316 g/mol. The Hall–Kier alpha value is -0.450. The zero-order valence-corrected chi connectivity index (χ0v) is 12.7. The van der Waals surface area contributed by atoms with Crippen LogP contribution in [-0.2, 0) is 0 Å². The van der Waals surface area contributed by atoms with E-state index in [0.717, 1.165) is 31.5 Å². The summed E-state index contributed by atoms with van der Waals surface area (Å²) in [5.41, 5.74) is 6.82. The van der Waals surface area contributed by atoms with Gasteiger partial charge in [0.2, 0.25) is 0 Å². The molecule has 0 saturated carbocycles. The number of halogens is 2. The number of nitrogens with two attached hydrogens (primary N) is 1. The van der Waals surface area contributed by atoms with Crippen molar-refractivity contribution in [1.29, 1.82) is 0 Å². The molecule has 0 aliphatic carbocycles. The third kappa shape index (κ3) is 4.04. The van der Waals surface area contributed by atoms with Crippen LogP contribution in [-0.4, -0.2) is 24.5 Å². The molecule has 0 bridgehead atoms. The van der Waals surface area contributed by atoms with E-state index < -0.39 is 0 Å². The van der Waals surface area contributed by atoms with Crippen LogP contribution in [0.3, 0.4) is 0 Å². The fraction of sp³-hybridized carbons (Fsp3) is 0.571. The molecule has 1 atom stereocenters. The molecule has 0 aliphatic rings. The summed E-state index contributed by atoms with van der Waals surface area (Å²) in [6.45, 7) is 6.74. The van der Waals surface area contributed by atoms with E-state index >= 15 is 0 Å². The Labute approximate surface area is 117 Å². The average molecular weight is 317 g/mol. The predicted octanol–water partition coefficient (Wildman–Crippen LogP) is 3.71. The Balaban J connectivity index is 2.88. The van der Waals surface area contributed by atoms with Gasteiger partial charge >= 0.3 is 0 Å². The average Bonchev–Trinajstić information content (AvgIpc) is 2.38. The van der Waals surface area contributed by atoms with Crippen LogP contribution >= 0.6 is 15.9 Å². The lowest BCUT2D eigenvalue weighted by atomic mass is 10.0. The summed E-state index contributed by atoms with van der Waals surface area (Å²) >= 11 is 3.18. The highest BCUT2D eigenvalue weighted by atomic mass is 79.9. The lowest BCUT2D eigenvalue weighted by Gasteiger charge is -2.30. The van der Waals surface area contributed by atoms with Gasteiger partial charge in [-0.2, -0.15) is 0 Å². The quantitative estimate of drug-likeness (QED) is 0.831. The Morgan fingerprint density at radius 1 is 1.39 bits per heavy atom. The van der Waals surface area contributed by atoms with Crippen LogP contribution in [0.5, 0.6) is 0 Å². The van der Waals surface area contributed by atoms with Crippen LogP contribution in [0.15, 0.2) is 22.7 Å². The van der Waals surface area contributed by atoms with Crippen molar-refractivity contribution in [1.82, 2.24) is 4.90 Å². The summed E-state index contributed by atoms with van der Waals surface area (Å²) in [5, 5.41) is 0. The van der Waals surface area contributed by atoms with E-state index in [1.807, 2.05) is 6.07 Å². The Kier molecular flexibility index (Phi) is 6.82. The zero-order valence-electron chi connectivity index (χ0n) is 11.1. The van der Waals surface area contributed by atoms with Crippen LogP contribution in [0.4, 0.5) is 4.39 Å². The highest BCUT2D eigenvalue weighted by molar-refractivity contribution is 9.10. The van der Waals surface area contributed by atoms with Gasteiger partial charge in [-0.05, 0) is 53.1 Å². The maximum atomic E-state index is 13.6. The van der Waals surface area contributed by atoms with Crippen LogP contribution in [0.25, 0.3) is 0 Å². The van der Waals surface area contributed by atoms with E-state index in [4.69, 9.17) is 5.73 Å². The summed E-state index contributed by atoms with van der Waals surface area (Å²) in [6, 6.07) is 5.38. The molecule has 2 N–H and O–H groups in total. The highest BCUT2D eigenvalue weighted by Crippen LogP contribution is 2.24. The van der Waals surface area contributed by atoms with Gasteiger partial charge in [-0.3, -0.25) is 4.90 Å². The number of benzene rings is 1. The summed E-state index contributed by atoms with van der Waals surface area (Å²) in [7, 11) is 0. The van der Waals surface area contributed by atoms with E-state index in [2.05, 4.69) is 34.7 Å². The maximum absolute atomic E-state index is 13.6. The first-order valence-electron chi connectivity index (χ1n) is 6.53. The second-order valence-electron chi connectivity index (χ2n) is 4.41. The minimum Gasteiger partial charge on any atom is -0.329 e. The van der Waals surface area contributed by atoms with Crippen molar-refractivity contribution in [3.8, 4) is 0 Å². The van der Waals surface area contributed by atoms with Gasteiger partial charge in [0.25, 0.3) is 0 Å². The number of rotatable bonds is 7. The minimum atomic E-state index is -0.225. The molecule has 2 nitrogen and oxygen atoms in total. The van der Waals surface area contributed by atoms with Gasteiger partial charge in [0.05, 0.1) is 4.47 Å². The molecule has 18 heavy (non-hydrogen) atoms. The van der Waals surface area contributed by atoms with Crippen LogP contribution in [0.2, 0.25) is 0 Å². The number of hydrogen-bond acceptors (Lipinski definition) is 2. The molecule has 0 heterocycles. The van der Waals surface area contributed by atoms with Gasteiger partial charge in [-0.15, -0.1) is 0 Å². The second kappa shape index (κ2) is 7.87. The van der Waals surface area contributed by atoms with Crippen molar-refractivity contribution in [3.05, 3.63) is 34.1 Å². The zero-order chi connectivity index (χ0) is 13.5. The second-order valence-corrected chi connectivity index (χ2v) is 5.26. The molecule has 0 aromatic heterocycles. The standard InChI is InChI=1S/C14H22BrFN2/c1-3-5-8-18(4-2)14(10-17)11-6-7-12(15)13(16)9-11/h6-7,9,14H,3-5,8,10,17H2,1-2H3. The van der Waals surface area contributed by atoms with Crippen LogP contribution < -0.4 is 5.73 Å². The van der Waals surface area contributed by atoms with Gasteiger partial charge in [0, 0.05) is 12.6 Å². The molecule has 1 aromatic rings. The van der Waals surface area contributed by atoms with Gasteiger partial charge in [0.1, 0.15) is 5.82 Å². The lowest BCUT2D eigenvalue weighted by molar-refractivity contribution is 0.209. The number of hydrogen-bond donors (Lipinski definition) is 1. The molecule has 0 spiro atoms. The molecule has 0 aliphatic heterocycles. The molecule has 102 valence electrons. The molecule has 0 fully saturated rings. The van der Waals surface area contributed by atoms with E-state index in [1.165, 1.54) is 0 Å². The predicted molar refractivity (Wildman–Crippen MR) is 78.1 cm³/mol. The van der Waals surface area contributed by atoms with Gasteiger partial charge in [-0.25, -0.2) is 4.39 Å². The van der Waals surface area contributed by atoms with Crippen molar-refractivity contribution >= 4 is 15.9 Å². The Bertz CT molecular complexity index is 371. The normalized spacial score (nSPS) is 13.0. The van der Waals surface area contributed by atoms with E-state index in [9.17, 15) is 4.39 Å². The molecule has 1 rings (SSSR count). The Morgan fingerprint density at radius 2 is 2.11 bits per heavy atom. The topological polar surface area (TPSA) is 29.3 Å². The number of unbranched alkanes of at least 4 members (excludes halogenated alkanes) is 1. The molecule has 0 saturated heterocycles. The molecule has 1 unspecified atom stereocenters. The maximum Gasteiger partial charge on any atom is 0.137 e. The first-order chi connectivity index (χ1) is 8.63. The Morgan fingerprint density at radius 3 is 2.61 bits per heavy atom. The lowest BCUT2D eigenvalue weighted by Crippen LogP contribution is -2.34. The molecular formula is C14H22BrFN2. The van der Waals surface area contributed by atoms with E-state index in [0.29, 0.717) is 11.0 Å². The van der Waals surface area contributed by atoms with Crippen molar-refractivity contribution in [3.63, 3.8) is 0 Å². The van der Waals surface area contributed by atoms with E-state index in [1.54, 1.807) is 12.1 Å². The summed E-state index contributed by atoms with van der Waals surface area (Å²) in [6.07, 6.45) is 2.30. The summed E-state index contributed by atoms with van der Waals surface area (Å²) < 4.78 is 14.1. The molecule has 4 heteroatoms. The molecular weight excluding hydrogens is 295 g/mol. The van der Waals surface area contributed by atoms with Crippen molar-refractivity contribution in [2.24, 2.45) is 5.73 Å². The summed E-state index contributed by atoms with van der Waals surface area (Å²) in [4.78, 5) is 2.31. The summed E-state index contributed by atoms with van der Waals surface area (Å²) in [5.74, 6) is -0.225. The van der Waals surface area contributed by atoms with Gasteiger partial charge in [-0.1, -0.05) is 26.3 Å². The molecule has 0 amide bonds. The highest BCUT2D eigenvalue weighted by Gasteiger charge is 2.18. The van der Waals surface area contributed by atoms with Crippen LogP contribution in [0.1, 0.15) is 38.3 Å². The molecule has 1 aromatic carbocycles. The number of nitrogens with zero attached hydrogens (tertiary/aromatic N) is 1. The molecule has 0 radical (unpaired) electrons. The fourth-order valence-corrected chi connectivity index (χ4v) is 2.36. The largest absolute Gasteiger partial charge is 0.329 e. The third-order valence-electron chi connectivity index (χ3n) is 3.20. The van der Waals surface area contributed by atoms with Crippen molar-refractivity contribution < 1.29 is 4.39 Å². The van der Waals surface area contributed by atoms with E-state index in [-0.39, 0.29) is 11.9 Å². The third-order valence-corrected chi connectivity index (χ3v) is 3.84. The first kappa shape index (κ1) is 15.6. The van der Waals surface area contributed by atoms with Gasteiger partial charge in [0.15, 0.2) is 0 Å². The van der Waals surface area contributed by atoms with Gasteiger partial charge < -0.3 is 5.73 Å². The number of likely N-dealkylation sites (N-methyl/N-ethyl adjacent to an activating group) is 1. The van der Waals surface area contributed by atoms with Crippen molar-refractivity contribution in [2.75, 3.05) is 19.6 Å². The smallest absolute Gasteiger partial charge is 0.137 e.